The van der Waals surface area contributed by atoms with Gasteiger partial charge in [-0.15, -0.1) is 0 Å². The maximum absolute atomic E-state index is 9.65. The zero-order chi connectivity index (χ0) is 3.70. The van der Waals surface area contributed by atoms with E-state index in [1.165, 1.54) is 6.20 Å². The molecule has 0 fully saturated rings. The van der Waals surface area contributed by atoms with Gasteiger partial charge in [0.25, 0.3) is 5.91 Å². The van der Waals surface area contributed by atoms with E-state index >= 15 is 0 Å². The molecule has 2 heteroatoms. The first-order chi connectivity index (χ1) is 2.39. The summed E-state index contributed by atoms with van der Waals surface area (Å²) in [6.07, 6.45) is 3.81. The predicted octanol–water partition coefficient (Wildman–Crippen LogP) is -0.567. The molecule has 5 heavy (non-hydrogen) atoms. The molecule has 0 aromatic heterocycles. The van der Waals surface area contributed by atoms with E-state index in [0.29, 0.717) is 0 Å². The van der Waals surface area contributed by atoms with Crippen LogP contribution in [-0.4, -0.2) is 5.91 Å². The standard InChI is InChI=1S/C3H2NO/c5-3-1-2-4-3/h2H,(H,4,5). The molecule has 1 radical (unpaired) electrons. The van der Waals surface area contributed by atoms with Crippen LogP contribution in [0, 0.1) is 6.08 Å². The van der Waals surface area contributed by atoms with Gasteiger partial charge in [0, 0.05) is 6.20 Å². The minimum Gasteiger partial charge on any atom is -0.328 e. The lowest BCUT2D eigenvalue weighted by molar-refractivity contribution is -0.117. The number of hydrogen-bond donors (Lipinski definition) is 1. The van der Waals surface area contributed by atoms with Gasteiger partial charge in [0.15, 0.2) is 0 Å². The van der Waals surface area contributed by atoms with Crippen molar-refractivity contribution in [3.63, 3.8) is 0 Å². The van der Waals surface area contributed by atoms with Crippen LogP contribution in [0.2, 0.25) is 0 Å². The Hall–Kier alpha value is -0.790. The first-order valence-corrected chi connectivity index (χ1v) is 1.28. The van der Waals surface area contributed by atoms with Crippen molar-refractivity contribution < 1.29 is 4.79 Å². The highest BCUT2D eigenvalue weighted by Crippen LogP contribution is 1.76. The van der Waals surface area contributed by atoms with Gasteiger partial charge in [0.2, 0.25) is 0 Å². The van der Waals surface area contributed by atoms with Crippen molar-refractivity contribution in [2.24, 2.45) is 0 Å². The Morgan fingerprint density at radius 2 is 2.40 bits per heavy atom. The van der Waals surface area contributed by atoms with Crippen molar-refractivity contribution in [1.29, 1.82) is 0 Å². The third-order valence-corrected chi connectivity index (χ3v) is 0.407. The van der Waals surface area contributed by atoms with Crippen molar-refractivity contribution in [2.45, 2.75) is 0 Å². The lowest BCUT2D eigenvalue weighted by Crippen LogP contribution is -2.23. The molecule has 0 spiro atoms. The van der Waals surface area contributed by atoms with Crippen LogP contribution in [0.4, 0.5) is 0 Å². The van der Waals surface area contributed by atoms with Gasteiger partial charge in [-0.2, -0.15) is 0 Å². The van der Waals surface area contributed by atoms with Crippen LogP contribution in [-0.2, 0) is 4.79 Å². The minimum absolute atomic E-state index is 0.120. The Morgan fingerprint density at radius 3 is 2.40 bits per heavy atom. The zero-order valence-corrected chi connectivity index (χ0v) is 2.49. The van der Waals surface area contributed by atoms with Crippen LogP contribution in [0.15, 0.2) is 6.20 Å². The zero-order valence-electron chi connectivity index (χ0n) is 2.49. The molecule has 1 amide bonds. The number of rotatable bonds is 0. The van der Waals surface area contributed by atoms with Crippen LogP contribution in [0.1, 0.15) is 0 Å². The van der Waals surface area contributed by atoms with Gasteiger partial charge in [0.05, 0.1) is 6.08 Å². The summed E-state index contributed by atoms with van der Waals surface area (Å²) in [6, 6.07) is 0. The van der Waals surface area contributed by atoms with Crippen LogP contribution >= 0.6 is 0 Å². The van der Waals surface area contributed by atoms with E-state index in [2.05, 4.69) is 11.4 Å². The van der Waals surface area contributed by atoms with Crippen LogP contribution in [0.3, 0.4) is 0 Å². The first kappa shape index (κ1) is 2.45. The minimum atomic E-state index is -0.120. The largest absolute Gasteiger partial charge is 0.328 e. The quantitative estimate of drug-likeness (QED) is 0.405. The molecule has 1 aliphatic rings. The molecule has 25 valence electrons. The monoisotopic (exact) mass is 68.0 g/mol. The van der Waals surface area contributed by atoms with E-state index in [4.69, 9.17) is 0 Å². The second kappa shape index (κ2) is 0.578. The van der Waals surface area contributed by atoms with Crippen molar-refractivity contribution in [3.05, 3.63) is 12.3 Å². The lowest BCUT2D eigenvalue weighted by Gasteiger charge is -1.96. The fraction of sp³-hybridized carbons (Fsp3) is 0. The average Bonchev–Trinajstić information content (AvgIpc) is 1.30. The third-order valence-electron chi connectivity index (χ3n) is 0.407. The topological polar surface area (TPSA) is 29.1 Å². The summed E-state index contributed by atoms with van der Waals surface area (Å²) in [7, 11) is 0. The van der Waals surface area contributed by atoms with Gasteiger partial charge in [-0.25, -0.2) is 0 Å². The van der Waals surface area contributed by atoms with Crippen LogP contribution in [0.25, 0.3) is 0 Å². The summed E-state index contributed by atoms with van der Waals surface area (Å²) in [5.74, 6) is -0.120. The average molecular weight is 68.1 g/mol. The highest BCUT2D eigenvalue weighted by Gasteiger charge is 1.97. The summed E-state index contributed by atoms with van der Waals surface area (Å²) in [5.41, 5.74) is 0. The van der Waals surface area contributed by atoms with E-state index in [1.807, 2.05) is 0 Å². The van der Waals surface area contributed by atoms with Crippen molar-refractivity contribution in [1.82, 2.24) is 5.32 Å². The molecular weight excluding hydrogens is 66.0 g/mol. The van der Waals surface area contributed by atoms with E-state index in [1.54, 1.807) is 0 Å². The van der Waals surface area contributed by atoms with Gasteiger partial charge in [0.1, 0.15) is 0 Å². The lowest BCUT2D eigenvalue weighted by atomic mass is 10.4. The Labute approximate surface area is 29.5 Å². The van der Waals surface area contributed by atoms with Gasteiger partial charge >= 0.3 is 0 Å². The van der Waals surface area contributed by atoms with Crippen molar-refractivity contribution >= 4 is 5.91 Å². The van der Waals surface area contributed by atoms with Crippen molar-refractivity contribution in [2.75, 3.05) is 0 Å². The maximum Gasteiger partial charge on any atom is 0.257 e. The highest BCUT2D eigenvalue weighted by atomic mass is 16.2. The maximum atomic E-state index is 9.65. The molecule has 0 bridgehead atoms. The Balaban J connectivity index is 2.71. The van der Waals surface area contributed by atoms with Crippen LogP contribution < -0.4 is 5.32 Å². The molecule has 1 aliphatic heterocycles. The van der Waals surface area contributed by atoms with Gasteiger partial charge in [-0.3, -0.25) is 4.79 Å². The van der Waals surface area contributed by atoms with E-state index in [-0.39, 0.29) is 5.91 Å². The fourth-order valence-corrected chi connectivity index (χ4v) is 0.131. The SMILES string of the molecule is O=C1[C]=CN1. The second-order valence-electron chi connectivity index (χ2n) is 0.762. The summed E-state index contributed by atoms with van der Waals surface area (Å²) in [4.78, 5) is 9.65. The third kappa shape index (κ3) is 0.173. The van der Waals surface area contributed by atoms with Gasteiger partial charge < -0.3 is 5.32 Å². The number of amides is 1. The molecule has 1 rings (SSSR count). The van der Waals surface area contributed by atoms with E-state index in [0.717, 1.165) is 0 Å². The second-order valence-corrected chi connectivity index (χ2v) is 0.762. The summed E-state index contributed by atoms with van der Waals surface area (Å²) >= 11 is 0. The number of carbonyl (C=O) groups is 1. The summed E-state index contributed by atoms with van der Waals surface area (Å²) in [6.45, 7) is 0. The molecule has 0 aromatic rings. The molecular formula is C3H2NO. The highest BCUT2D eigenvalue weighted by molar-refractivity contribution is 5.89. The van der Waals surface area contributed by atoms with E-state index in [9.17, 15) is 4.79 Å². The molecule has 0 atom stereocenters. The number of hydrogen-bond acceptors (Lipinski definition) is 1. The predicted molar refractivity (Wildman–Crippen MR) is 16.0 cm³/mol. The molecule has 0 saturated heterocycles. The van der Waals surface area contributed by atoms with Gasteiger partial charge in [-0.1, -0.05) is 0 Å². The normalized spacial score (nSPS) is 17.2. The Bertz CT molecular complexity index is 84.9. The van der Waals surface area contributed by atoms with E-state index < -0.39 is 0 Å². The first-order valence-electron chi connectivity index (χ1n) is 1.28. The number of nitrogens with one attached hydrogen (secondary N) is 1. The Morgan fingerprint density at radius 1 is 2.00 bits per heavy atom. The molecule has 1 N–H and O–H groups in total. The summed E-state index contributed by atoms with van der Waals surface area (Å²) < 4.78 is 0. The number of carbonyl (C=O) groups excluding carboxylic acids is 1. The molecule has 1 heterocycles. The van der Waals surface area contributed by atoms with Crippen LogP contribution in [0.5, 0.6) is 0 Å². The molecule has 0 saturated carbocycles. The molecule has 0 unspecified atom stereocenters. The van der Waals surface area contributed by atoms with Crippen molar-refractivity contribution in [3.8, 4) is 0 Å². The molecule has 0 aromatic carbocycles. The fourth-order valence-electron chi connectivity index (χ4n) is 0.131. The Kier molecular flexibility index (Phi) is 0.283. The summed E-state index contributed by atoms with van der Waals surface area (Å²) in [5, 5.41) is 2.33. The molecule has 0 aliphatic carbocycles. The molecule has 2 nitrogen and oxygen atoms in total. The van der Waals surface area contributed by atoms with Gasteiger partial charge in [-0.05, 0) is 0 Å². The smallest absolute Gasteiger partial charge is 0.257 e.